The maximum atomic E-state index is 9.75. The van der Waals surface area contributed by atoms with Gasteiger partial charge in [0.05, 0.1) is 17.8 Å². The second kappa shape index (κ2) is 6.91. The number of hydrogen-bond acceptors (Lipinski definition) is 5. The first-order valence-electron chi connectivity index (χ1n) is 6.35. The number of methoxy groups -OCH3 is 1. The number of aromatic nitrogens is 1. The van der Waals surface area contributed by atoms with E-state index >= 15 is 0 Å². The lowest BCUT2D eigenvalue weighted by Crippen LogP contribution is -2.14. The average Bonchev–Trinajstić information content (AvgIpc) is 2.82. The van der Waals surface area contributed by atoms with Gasteiger partial charge in [-0.25, -0.2) is 0 Å². The zero-order chi connectivity index (χ0) is 15.4. The first-order valence-corrected chi connectivity index (χ1v) is 8.02. The van der Waals surface area contributed by atoms with Crippen molar-refractivity contribution in [3.8, 4) is 11.5 Å². The highest BCUT2D eigenvalue weighted by molar-refractivity contribution is 9.10. The van der Waals surface area contributed by atoms with Crippen molar-refractivity contribution in [1.82, 2.24) is 4.57 Å². The number of halogens is 1. The minimum absolute atomic E-state index is 0.0734. The first-order chi connectivity index (χ1) is 10.1. The number of phenols is 1. The summed E-state index contributed by atoms with van der Waals surface area (Å²) in [6.45, 7) is 4.98. The van der Waals surface area contributed by atoms with Gasteiger partial charge in [0.15, 0.2) is 11.5 Å². The Bertz CT molecular complexity index is 734. The van der Waals surface area contributed by atoms with Crippen molar-refractivity contribution < 1.29 is 9.84 Å². The molecule has 1 aromatic carbocycles. The molecular formula is C14H16BrN3O2S. The van der Waals surface area contributed by atoms with E-state index in [9.17, 15) is 5.11 Å². The first kappa shape index (κ1) is 15.8. The Morgan fingerprint density at radius 2 is 2.24 bits per heavy atom. The molecule has 7 heteroatoms. The van der Waals surface area contributed by atoms with Crippen LogP contribution in [0.25, 0.3) is 0 Å². The molecule has 0 atom stereocenters. The Kier molecular flexibility index (Phi) is 5.19. The monoisotopic (exact) mass is 369 g/mol. The predicted molar refractivity (Wildman–Crippen MR) is 88.2 cm³/mol. The summed E-state index contributed by atoms with van der Waals surface area (Å²) >= 11 is 4.83. The van der Waals surface area contributed by atoms with Gasteiger partial charge in [-0.05, 0) is 47.5 Å². The van der Waals surface area contributed by atoms with Crippen LogP contribution in [0.15, 0.2) is 32.2 Å². The summed E-state index contributed by atoms with van der Waals surface area (Å²) < 4.78 is 7.74. The molecule has 0 bridgehead atoms. The Balaban J connectivity index is 2.32. The maximum Gasteiger partial charge on any atom is 0.210 e. The van der Waals surface area contributed by atoms with Crippen molar-refractivity contribution in [2.45, 2.75) is 20.4 Å². The van der Waals surface area contributed by atoms with E-state index in [-0.39, 0.29) is 5.75 Å². The molecule has 2 aromatic rings. The minimum Gasteiger partial charge on any atom is -0.503 e. The number of aryl methyl sites for hydroxylation is 1. The Morgan fingerprint density at radius 1 is 1.48 bits per heavy atom. The summed E-state index contributed by atoms with van der Waals surface area (Å²) in [4.78, 5) is 0.857. The van der Waals surface area contributed by atoms with Gasteiger partial charge in [-0.15, -0.1) is 16.4 Å². The van der Waals surface area contributed by atoms with Crippen LogP contribution in [0.2, 0.25) is 0 Å². The molecule has 2 rings (SSSR count). The van der Waals surface area contributed by atoms with Crippen LogP contribution < -0.4 is 9.54 Å². The van der Waals surface area contributed by atoms with Crippen molar-refractivity contribution in [2.75, 3.05) is 7.11 Å². The van der Waals surface area contributed by atoms with Gasteiger partial charge in [-0.3, -0.25) is 0 Å². The predicted octanol–water partition coefficient (Wildman–Crippen LogP) is 3.29. The number of thiazole rings is 1. The normalized spacial score (nSPS) is 12.3. The molecule has 0 saturated heterocycles. The number of nitrogens with zero attached hydrogens (tertiary/aromatic N) is 3. The number of rotatable bonds is 4. The third kappa shape index (κ3) is 3.54. The molecule has 0 spiro atoms. The molecule has 1 N–H and O–H groups in total. The van der Waals surface area contributed by atoms with Crippen molar-refractivity contribution in [2.24, 2.45) is 10.2 Å². The Morgan fingerprint density at radius 3 is 2.90 bits per heavy atom. The second-order valence-electron chi connectivity index (χ2n) is 4.30. The van der Waals surface area contributed by atoms with Crippen molar-refractivity contribution >= 4 is 33.5 Å². The molecule has 112 valence electrons. The van der Waals surface area contributed by atoms with Gasteiger partial charge in [-0.2, -0.15) is 5.10 Å². The Labute approximate surface area is 135 Å². The standard InChI is InChI=1S/C14H16BrN3O2S/c1-4-18-9(2)8-21-14(18)17-16-7-10-5-11(15)13(19)12(6-10)20-3/h5-8,19H,4H2,1-3H3. The minimum atomic E-state index is 0.0734. The average molecular weight is 370 g/mol. The van der Waals surface area contributed by atoms with E-state index in [2.05, 4.69) is 43.0 Å². The van der Waals surface area contributed by atoms with E-state index < -0.39 is 0 Å². The summed E-state index contributed by atoms with van der Waals surface area (Å²) in [6, 6.07) is 3.46. The highest BCUT2D eigenvalue weighted by Crippen LogP contribution is 2.34. The van der Waals surface area contributed by atoms with E-state index in [4.69, 9.17) is 4.74 Å². The summed E-state index contributed by atoms with van der Waals surface area (Å²) in [5.41, 5.74) is 1.96. The van der Waals surface area contributed by atoms with Crippen molar-refractivity contribution in [1.29, 1.82) is 0 Å². The number of ether oxygens (including phenoxy) is 1. The van der Waals surface area contributed by atoms with Crippen LogP contribution in [-0.2, 0) is 6.54 Å². The number of benzene rings is 1. The molecule has 0 unspecified atom stereocenters. The van der Waals surface area contributed by atoms with Gasteiger partial charge in [0, 0.05) is 17.6 Å². The number of phenolic OH excluding ortho intramolecular Hbond substituents is 1. The lowest BCUT2D eigenvalue weighted by Gasteiger charge is -2.05. The Hall–Kier alpha value is -1.60. The molecule has 0 radical (unpaired) electrons. The maximum absolute atomic E-state index is 9.75. The fourth-order valence-electron chi connectivity index (χ4n) is 1.85. The zero-order valence-electron chi connectivity index (χ0n) is 12.0. The van der Waals surface area contributed by atoms with Crippen LogP contribution in [0, 0.1) is 6.92 Å². The fourth-order valence-corrected chi connectivity index (χ4v) is 3.20. The van der Waals surface area contributed by atoms with Crippen molar-refractivity contribution in [3.05, 3.63) is 38.0 Å². The van der Waals surface area contributed by atoms with E-state index in [0.29, 0.717) is 10.2 Å². The number of aromatic hydroxyl groups is 1. The van der Waals surface area contributed by atoms with Gasteiger partial charge in [0.25, 0.3) is 0 Å². The van der Waals surface area contributed by atoms with Crippen LogP contribution in [0.5, 0.6) is 11.5 Å². The molecule has 0 saturated carbocycles. The highest BCUT2D eigenvalue weighted by Gasteiger charge is 2.07. The van der Waals surface area contributed by atoms with Crippen LogP contribution in [-0.4, -0.2) is 23.0 Å². The molecule has 0 aliphatic rings. The molecule has 21 heavy (non-hydrogen) atoms. The molecule has 0 fully saturated rings. The summed E-state index contributed by atoms with van der Waals surface area (Å²) in [5.74, 6) is 0.464. The zero-order valence-corrected chi connectivity index (χ0v) is 14.4. The quantitative estimate of drug-likeness (QED) is 0.663. The van der Waals surface area contributed by atoms with Gasteiger partial charge >= 0.3 is 0 Å². The van der Waals surface area contributed by atoms with E-state index in [1.165, 1.54) is 12.8 Å². The second-order valence-corrected chi connectivity index (χ2v) is 5.99. The largest absolute Gasteiger partial charge is 0.503 e. The summed E-state index contributed by atoms with van der Waals surface area (Å²) in [7, 11) is 1.51. The molecule has 0 amide bonds. The van der Waals surface area contributed by atoms with E-state index in [1.54, 1.807) is 29.7 Å². The van der Waals surface area contributed by atoms with E-state index in [0.717, 1.165) is 16.9 Å². The lowest BCUT2D eigenvalue weighted by atomic mass is 10.2. The van der Waals surface area contributed by atoms with Crippen molar-refractivity contribution in [3.63, 3.8) is 0 Å². The molecule has 0 aliphatic heterocycles. The molecule has 0 aliphatic carbocycles. The van der Waals surface area contributed by atoms with Crippen LogP contribution in [0.4, 0.5) is 0 Å². The highest BCUT2D eigenvalue weighted by atomic mass is 79.9. The third-order valence-corrected chi connectivity index (χ3v) is 4.50. The lowest BCUT2D eigenvalue weighted by molar-refractivity contribution is 0.372. The summed E-state index contributed by atoms with van der Waals surface area (Å²) in [5, 5.41) is 20.2. The van der Waals surface area contributed by atoms with Gasteiger partial charge in [-0.1, -0.05) is 0 Å². The van der Waals surface area contributed by atoms with E-state index in [1.807, 2.05) is 6.92 Å². The smallest absolute Gasteiger partial charge is 0.210 e. The van der Waals surface area contributed by atoms with Crippen LogP contribution in [0.3, 0.4) is 0 Å². The fraction of sp³-hybridized carbons (Fsp3) is 0.286. The SMILES string of the molecule is CCn1c(C)csc1=NN=Cc1cc(Br)c(O)c(OC)c1. The molecular weight excluding hydrogens is 354 g/mol. The van der Waals surface area contributed by atoms with Crippen LogP contribution in [0.1, 0.15) is 18.2 Å². The van der Waals surface area contributed by atoms with Crippen LogP contribution >= 0.6 is 27.3 Å². The molecule has 1 aromatic heterocycles. The topological polar surface area (TPSA) is 59.1 Å². The molecule has 5 nitrogen and oxygen atoms in total. The third-order valence-electron chi connectivity index (χ3n) is 2.93. The number of hydrogen-bond donors (Lipinski definition) is 1. The van der Waals surface area contributed by atoms with Gasteiger partial charge < -0.3 is 14.4 Å². The van der Waals surface area contributed by atoms with Gasteiger partial charge in [0.2, 0.25) is 4.80 Å². The van der Waals surface area contributed by atoms with Gasteiger partial charge in [0.1, 0.15) is 0 Å². The molecule has 1 heterocycles. The summed E-state index contributed by atoms with van der Waals surface area (Å²) in [6.07, 6.45) is 1.63.